The van der Waals surface area contributed by atoms with Crippen LogP contribution >= 0.6 is 0 Å². The fourth-order valence-corrected chi connectivity index (χ4v) is 5.42. The molecule has 0 aliphatic heterocycles. The molecule has 3 aliphatic rings. The van der Waals surface area contributed by atoms with Crippen molar-refractivity contribution >= 4 is 22.9 Å². The Morgan fingerprint density at radius 3 is 1.43 bits per heavy atom. The van der Waals surface area contributed by atoms with Crippen molar-refractivity contribution in [1.82, 2.24) is 0 Å². The predicted octanol–water partition coefficient (Wildman–Crippen LogP) is 5.95. The zero-order valence-electron chi connectivity index (χ0n) is 17.5. The second kappa shape index (κ2) is 8.25. The van der Waals surface area contributed by atoms with E-state index < -0.39 is 0 Å². The Hall–Kier alpha value is -2.62. The van der Waals surface area contributed by atoms with Gasteiger partial charge in [0.15, 0.2) is 11.6 Å². The van der Waals surface area contributed by atoms with E-state index in [2.05, 4.69) is 10.6 Å². The van der Waals surface area contributed by atoms with E-state index in [0.717, 1.165) is 37.1 Å². The van der Waals surface area contributed by atoms with Gasteiger partial charge in [-0.15, -0.1) is 0 Å². The molecular weight excluding hydrogens is 372 g/mol. The van der Waals surface area contributed by atoms with E-state index in [1.165, 1.54) is 38.5 Å². The van der Waals surface area contributed by atoms with Crippen molar-refractivity contribution in [3.05, 3.63) is 58.7 Å². The van der Waals surface area contributed by atoms with Gasteiger partial charge in [0.05, 0.1) is 11.1 Å². The summed E-state index contributed by atoms with van der Waals surface area (Å²) in [4.78, 5) is 27.1. The third-order valence-corrected chi connectivity index (χ3v) is 7.00. The van der Waals surface area contributed by atoms with Gasteiger partial charge in [-0.25, -0.2) is 0 Å². The van der Waals surface area contributed by atoms with Crippen LogP contribution in [0, 0.1) is 0 Å². The number of hydrogen-bond donors (Lipinski definition) is 2. The minimum Gasteiger partial charge on any atom is -0.382 e. The molecule has 4 nitrogen and oxygen atoms in total. The molecular formula is C26H30N2O2. The van der Waals surface area contributed by atoms with Crippen molar-refractivity contribution in [2.75, 3.05) is 10.6 Å². The van der Waals surface area contributed by atoms with Crippen molar-refractivity contribution in [3.63, 3.8) is 0 Å². The van der Waals surface area contributed by atoms with Crippen LogP contribution in [0.4, 0.5) is 11.4 Å². The largest absolute Gasteiger partial charge is 0.382 e. The summed E-state index contributed by atoms with van der Waals surface area (Å²) >= 11 is 0. The summed E-state index contributed by atoms with van der Waals surface area (Å²) in [6, 6.07) is 12.1. The summed E-state index contributed by atoms with van der Waals surface area (Å²) in [5.41, 5.74) is 3.80. The summed E-state index contributed by atoms with van der Waals surface area (Å²) in [6.45, 7) is 0. The molecule has 0 saturated heterocycles. The molecule has 0 aromatic heterocycles. The average Bonchev–Trinajstić information content (AvgIpc) is 2.79. The fraction of sp³-hybridized carbons (Fsp3) is 0.462. The zero-order chi connectivity index (χ0) is 20.5. The summed E-state index contributed by atoms with van der Waals surface area (Å²) in [6.07, 6.45) is 11.9. The Bertz CT molecular complexity index is 893. The van der Waals surface area contributed by atoms with Gasteiger partial charge in [0.1, 0.15) is 0 Å². The third kappa shape index (κ3) is 3.53. The van der Waals surface area contributed by atoms with Gasteiger partial charge in [0.2, 0.25) is 0 Å². The van der Waals surface area contributed by atoms with Gasteiger partial charge >= 0.3 is 0 Å². The number of carbonyl (C=O) groups excluding carboxylic acids is 2. The molecule has 0 heterocycles. The Morgan fingerprint density at radius 1 is 0.567 bits per heavy atom. The Balaban J connectivity index is 1.51. The maximum atomic E-state index is 13.7. The quantitative estimate of drug-likeness (QED) is 0.566. The molecule has 0 amide bonds. The topological polar surface area (TPSA) is 58.2 Å². The van der Waals surface area contributed by atoms with Crippen LogP contribution in [-0.2, 0) is 0 Å². The second-order valence-corrected chi connectivity index (χ2v) is 9.07. The van der Waals surface area contributed by atoms with Crippen LogP contribution in [0.25, 0.3) is 0 Å². The Morgan fingerprint density at radius 2 is 1.00 bits per heavy atom. The molecule has 0 spiro atoms. The van der Waals surface area contributed by atoms with Gasteiger partial charge < -0.3 is 10.6 Å². The highest BCUT2D eigenvalue weighted by molar-refractivity contribution is 6.31. The highest BCUT2D eigenvalue weighted by Gasteiger charge is 2.34. The van der Waals surface area contributed by atoms with Gasteiger partial charge in [-0.3, -0.25) is 9.59 Å². The van der Waals surface area contributed by atoms with E-state index in [9.17, 15) is 9.59 Å². The van der Waals surface area contributed by atoms with Crippen LogP contribution < -0.4 is 10.6 Å². The van der Waals surface area contributed by atoms with Gasteiger partial charge in [0.25, 0.3) is 0 Å². The molecule has 2 N–H and O–H groups in total. The van der Waals surface area contributed by atoms with Crippen molar-refractivity contribution < 1.29 is 9.59 Å². The van der Waals surface area contributed by atoms with Crippen molar-refractivity contribution in [2.24, 2.45) is 0 Å². The number of rotatable bonds is 4. The maximum Gasteiger partial charge on any atom is 0.198 e. The average molecular weight is 403 g/mol. The van der Waals surface area contributed by atoms with Crippen LogP contribution in [-0.4, -0.2) is 23.7 Å². The number of benzene rings is 2. The number of carbonyl (C=O) groups is 2. The lowest BCUT2D eigenvalue weighted by atomic mass is 9.81. The summed E-state index contributed by atoms with van der Waals surface area (Å²) in [5.74, 6) is -0.0726. The molecule has 3 aliphatic carbocycles. The molecule has 30 heavy (non-hydrogen) atoms. The first kappa shape index (κ1) is 19.3. The van der Waals surface area contributed by atoms with Crippen LogP contribution in [0.5, 0.6) is 0 Å². The fourth-order valence-electron chi connectivity index (χ4n) is 5.42. The van der Waals surface area contributed by atoms with Crippen LogP contribution in [0.3, 0.4) is 0 Å². The molecule has 0 bridgehead atoms. The van der Waals surface area contributed by atoms with Gasteiger partial charge in [-0.1, -0.05) is 62.8 Å². The number of ketones is 2. The predicted molar refractivity (Wildman–Crippen MR) is 121 cm³/mol. The molecule has 2 fully saturated rings. The van der Waals surface area contributed by atoms with Crippen molar-refractivity contribution in [3.8, 4) is 0 Å². The van der Waals surface area contributed by atoms with Crippen LogP contribution in [0.15, 0.2) is 36.4 Å². The van der Waals surface area contributed by atoms with E-state index >= 15 is 0 Å². The van der Waals surface area contributed by atoms with E-state index in [1.807, 2.05) is 24.3 Å². The molecule has 2 aromatic rings. The lowest BCUT2D eigenvalue weighted by molar-refractivity contribution is 0.0980. The van der Waals surface area contributed by atoms with Gasteiger partial charge in [-0.05, 0) is 37.8 Å². The second-order valence-electron chi connectivity index (χ2n) is 9.07. The lowest BCUT2D eigenvalue weighted by Gasteiger charge is -2.29. The molecule has 2 aromatic carbocycles. The molecule has 0 unspecified atom stereocenters. The SMILES string of the molecule is O=C1c2cccc(NC3CCCCC3)c2C(=O)c2c(NC3CCCCC3)cccc21. The molecule has 4 heteroatoms. The molecule has 2 saturated carbocycles. The maximum absolute atomic E-state index is 13.7. The molecule has 5 rings (SSSR count). The first-order valence-electron chi connectivity index (χ1n) is 11.6. The highest BCUT2D eigenvalue weighted by Crippen LogP contribution is 2.37. The normalized spacial score (nSPS) is 19.9. The summed E-state index contributed by atoms with van der Waals surface area (Å²) in [7, 11) is 0. The Kier molecular flexibility index (Phi) is 5.32. The minimum absolute atomic E-state index is 0.0302. The van der Waals surface area contributed by atoms with Gasteiger partial charge in [0, 0.05) is 34.6 Å². The zero-order valence-corrected chi connectivity index (χ0v) is 17.5. The lowest BCUT2D eigenvalue weighted by Crippen LogP contribution is -2.29. The molecule has 0 radical (unpaired) electrons. The van der Waals surface area contributed by atoms with E-state index in [0.29, 0.717) is 34.3 Å². The summed E-state index contributed by atoms with van der Waals surface area (Å²) in [5, 5.41) is 7.20. The first-order chi connectivity index (χ1) is 14.7. The highest BCUT2D eigenvalue weighted by atomic mass is 16.1. The van der Waals surface area contributed by atoms with Crippen molar-refractivity contribution in [2.45, 2.75) is 76.3 Å². The smallest absolute Gasteiger partial charge is 0.198 e. The van der Waals surface area contributed by atoms with Gasteiger partial charge in [-0.2, -0.15) is 0 Å². The number of hydrogen-bond acceptors (Lipinski definition) is 4. The number of fused-ring (bicyclic) bond motifs is 2. The number of nitrogens with one attached hydrogen (secondary N) is 2. The molecule has 0 atom stereocenters. The first-order valence-corrected chi connectivity index (χ1v) is 11.6. The minimum atomic E-state index is -0.0424. The van der Waals surface area contributed by atoms with Crippen LogP contribution in [0.1, 0.15) is 96.1 Å². The Labute approximate surface area is 178 Å². The van der Waals surface area contributed by atoms with Crippen LogP contribution in [0.2, 0.25) is 0 Å². The molecule has 156 valence electrons. The number of anilines is 2. The van der Waals surface area contributed by atoms with E-state index in [4.69, 9.17) is 0 Å². The summed E-state index contributed by atoms with van der Waals surface area (Å²) < 4.78 is 0. The third-order valence-electron chi connectivity index (χ3n) is 7.00. The van der Waals surface area contributed by atoms with E-state index in [1.54, 1.807) is 12.1 Å². The standard InChI is InChI=1S/C26H30N2O2/c29-25-19-13-7-15-21(27-17-9-3-1-4-10-17)23(19)26(30)24-20(25)14-8-16-22(24)28-18-11-5-2-6-12-18/h7-8,13-18,27-28H,1-6,9-12H2. The monoisotopic (exact) mass is 402 g/mol. The van der Waals surface area contributed by atoms with Crippen molar-refractivity contribution in [1.29, 1.82) is 0 Å². The van der Waals surface area contributed by atoms with E-state index in [-0.39, 0.29) is 11.6 Å².